The average molecular weight is 1080 g/mol. The molecule has 0 bridgehead atoms. The Morgan fingerprint density at radius 2 is 0.873 bits per heavy atom. The van der Waals surface area contributed by atoms with Gasteiger partial charge in [0.1, 0.15) is 34.3 Å². The Kier molecular flexibility index (Phi) is 18.7. The first kappa shape index (κ1) is 56.9. The molecule has 3 aliphatic rings. The zero-order chi connectivity index (χ0) is 56.3. The lowest BCUT2D eigenvalue weighted by atomic mass is 10.1. The number of aromatic nitrogens is 6. The topological polar surface area (TPSA) is 275 Å². The van der Waals surface area contributed by atoms with Gasteiger partial charge >= 0.3 is 0 Å². The van der Waals surface area contributed by atoms with E-state index in [4.69, 9.17) is 42.2 Å². The second kappa shape index (κ2) is 25.9. The highest BCUT2D eigenvalue weighted by atomic mass is 19.1. The molecule has 3 aromatic heterocycles. The van der Waals surface area contributed by atoms with Gasteiger partial charge in [-0.25, -0.2) is 18.4 Å². The molecule has 416 valence electrons. The number of Topliss-reactive ketones (excluding diaryl/α,β-unsaturated/α-hetero) is 3. The van der Waals surface area contributed by atoms with Crippen LogP contribution in [0.2, 0.25) is 0 Å². The van der Waals surface area contributed by atoms with E-state index in [1.165, 1.54) is 26.0 Å². The predicted octanol–water partition coefficient (Wildman–Crippen LogP) is 5.50. The molecule has 21 nitrogen and oxygen atoms in total. The lowest BCUT2D eigenvalue weighted by Crippen LogP contribution is -2.36. The summed E-state index contributed by atoms with van der Waals surface area (Å²) in [7, 11) is 0. The summed E-state index contributed by atoms with van der Waals surface area (Å²) in [6.45, 7) is 17.6. The minimum absolute atomic E-state index is 0.0115. The van der Waals surface area contributed by atoms with E-state index < -0.39 is 5.82 Å². The van der Waals surface area contributed by atoms with Crippen LogP contribution >= 0.6 is 0 Å². The van der Waals surface area contributed by atoms with E-state index in [0.29, 0.717) is 136 Å². The Balaban J connectivity index is 0.000000160. The molecule has 0 aliphatic carbocycles. The highest BCUT2D eigenvalue weighted by molar-refractivity contribution is 6.01. The number of ether oxygens (including phenoxy) is 3. The quantitative estimate of drug-likeness (QED) is 0.0841. The number of carbonyl (C=O) groups is 4. The number of hydrogen-bond acceptors (Lipinski definition) is 17. The van der Waals surface area contributed by atoms with Gasteiger partial charge in [-0.15, -0.1) is 15.3 Å². The van der Waals surface area contributed by atoms with Crippen LogP contribution in [0.5, 0.6) is 0 Å². The maximum Gasteiger partial charge on any atom is 0.251 e. The van der Waals surface area contributed by atoms with Crippen molar-refractivity contribution < 1.29 is 37.8 Å². The highest BCUT2D eigenvalue weighted by Gasteiger charge is 2.28. The van der Waals surface area contributed by atoms with Gasteiger partial charge in [-0.05, 0) is 84.6 Å². The number of nitrogen functional groups attached to an aromatic ring is 2. The van der Waals surface area contributed by atoms with Crippen LogP contribution in [0.3, 0.4) is 0 Å². The molecule has 0 spiro atoms. The molecule has 10 rings (SSSR count). The van der Waals surface area contributed by atoms with E-state index in [-0.39, 0.29) is 29.8 Å². The smallest absolute Gasteiger partial charge is 0.251 e. The molecule has 0 unspecified atom stereocenters. The molecule has 0 saturated carbocycles. The van der Waals surface area contributed by atoms with Crippen molar-refractivity contribution in [2.45, 2.75) is 54.3 Å². The largest absolute Gasteiger partial charge is 0.394 e. The molecular weight excluding hydrogens is 1010 g/mol. The molecule has 6 heterocycles. The Bertz CT molecular complexity index is 3140. The van der Waals surface area contributed by atoms with Gasteiger partial charge in [-0.1, -0.05) is 42.5 Å². The van der Waals surface area contributed by atoms with Crippen molar-refractivity contribution >= 4 is 52.1 Å². The van der Waals surface area contributed by atoms with Crippen LogP contribution in [0.25, 0.3) is 17.1 Å². The summed E-state index contributed by atoms with van der Waals surface area (Å²) in [5.74, 6) is 1.00. The molecule has 1 amide bonds. The normalized spacial score (nSPS) is 14.5. The van der Waals surface area contributed by atoms with Crippen molar-refractivity contribution in [3.63, 3.8) is 0 Å². The van der Waals surface area contributed by atoms with Crippen LogP contribution in [-0.2, 0) is 33.8 Å². The minimum Gasteiger partial charge on any atom is -0.394 e. The summed E-state index contributed by atoms with van der Waals surface area (Å²) in [6, 6.07) is 26.9. The number of aryl methyl sites for hydroxylation is 1. The molecule has 3 saturated heterocycles. The fraction of sp³-hybridized carbons (Fsp3) is 0.351. The maximum atomic E-state index is 13.5. The standard InChI is InChI=1S/C24H26FN5O3.C17H22N4O2.C16H21N5O2/c1-15-3-6-18(25)13-20(15)24(32)27-14-17-4-7-19(8-5-17)30-22(16(2)31)21(26)23(28-30)29-9-11-33-12-10-29;1-12-16(13(2)22)21(15-5-3-14(11-18)4-6-15)19-17(12)20-7-9-23-10-8-20;1-11(22)15-14(18)16(20-6-8-23-9-7-20)19-21(15)13-4-2-12(10-17)3-5-13/h3-8,13H,9-12,14,26H2,1-2H3,(H,27,32);3-6H,7-11,18H2,1-2H3;2-5H,6-10,17-18H2,1H3. The van der Waals surface area contributed by atoms with Crippen molar-refractivity contribution in [2.24, 2.45) is 11.5 Å². The Labute approximate surface area is 458 Å². The number of ketones is 3. The van der Waals surface area contributed by atoms with Crippen molar-refractivity contribution in [1.82, 2.24) is 34.7 Å². The van der Waals surface area contributed by atoms with Gasteiger partial charge in [0.05, 0.1) is 56.7 Å². The summed E-state index contributed by atoms with van der Waals surface area (Å²) in [6.07, 6.45) is 0. The van der Waals surface area contributed by atoms with E-state index in [2.05, 4.69) is 25.3 Å². The van der Waals surface area contributed by atoms with Crippen molar-refractivity contribution in [3.05, 3.63) is 147 Å². The summed E-state index contributed by atoms with van der Waals surface area (Å²) >= 11 is 0. The van der Waals surface area contributed by atoms with Gasteiger partial charge in [0, 0.05) is 90.8 Å². The third-order valence-corrected chi connectivity index (χ3v) is 13.7. The molecule has 22 heteroatoms. The number of nitrogens with zero attached hydrogens (tertiary/aromatic N) is 9. The third kappa shape index (κ3) is 13.2. The number of anilines is 5. The fourth-order valence-electron chi connectivity index (χ4n) is 9.48. The number of nitrogens with two attached hydrogens (primary N) is 4. The van der Waals surface area contributed by atoms with E-state index >= 15 is 0 Å². The Morgan fingerprint density at radius 3 is 1.25 bits per heavy atom. The van der Waals surface area contributed by atoms with Crippen molar-refractivity contribution in [1.29, 1.82) is 0 Å². The zero-order valence-electron chi connectivity index (χ0n) is 45.3. The second-order valence-electron chi connectivity index (χ2n) is 19.2. The van der Waals surface area contributed by atoms with Crippen LogP contribution in [-0.4, -0.2) is 132 Å². The molecule has 0 radical (unpaired) electrons. The van der Waals surface area contributed by atoms with Gasteiger partial charge in [-0.3, -0.25) is 19.2 Å². The van der Waals surface area contributed by atoms with Crippen LogP contribution in [0.1, 0.15) is 90.4 Å². The third-order valence-electron chi connectivity index (χ3n) is 13.7. The molecule has 3 aliphatic heterocycles. The summed E-state index contributed by atoms with van der Waals surface area (Å²) < 4.78 is 34.5. The summed E-state index contributed by atoms with van der Waals surface area (Å²) in [4.78, 5) is 55.2. The lowest BCUT2D eigenvalue weighted by Gasteiger charge is -2.27. The van der Waals surface area contributed by atoms with Gasteiger partial charge < -0.3 is 57.2 Å². The van der Waals surface area contributed by atoms with Gasteiger partial charge in [0.15, 0.2) is 34.8 Å². The SMILES string of the molecule is CC(=O)c1c(C)c(N2CCOCC2)nn1-c1ccc(CN)cc1.CC(=O)c1c(N)c(N2CCOCC2)nn1-c1ccc(CN)cc1.CC(=O)c1c(N)c(N2CCOCC2)nn1-c1ccc(CNC(=O)c2cc(F)ccc2C)cc1. The zero-order valence-corrected chi connectivity index (χ0v) is 45.3. The monoisotopic (exact) mass is 1080 g/mol. The lowest BCUT2D eigenvalue weighted by molar-refractivity contribution is 0.0947. The van der Waals surface area contributed by atoms with E-state index in [0.717, 1.165) is 52.5 Å². The molecule has 9 N–H and O–H groups in total. The van der Waals surface area contributed by atoms with Crippen LogP contribution in [0.15, 0.2) is 91.0 Å². The number of morpholine rings is 3. The van der Waals surface area contributed by atoms with Crippen molar-refractivity contribution in [2.75, 3.05) is 105 Å². The first-order valence-electron chi connectivity index (χ1n) is 26.2. The van der Waals surface area contributed by atoms with Gasteiger partial charge in [0.2, 0.25) is 0 Å². The van der Waals surface area contributed by atoms with Gasteiger partial charge in [-0.2, -0.15) is 0 Å². The van der Waals surface area contributed by atoms with Crippen LogP contribution in [0.4, 0.5) is 33.2 Å². The minimum atomic E-state index is -0.452. The number of carbonyl (C=O) groups excluding carboxylic acids is 4. The molecule has 0 atom stereocenters. The van der Waals surface area contributed by atoms with Gasteiger partial charge in [0.25, 0.3) is 5.91 Å². The maximum absolute atomic E-state index is 13.5. The number of halogens is 1. The summed E-state index contributed by atoms with van der Waals surface area (Å²) in [5, 5.41) is 16.7. The molecule has 3 fully saturated rings. The number of benzene rings is 4. The number of hydrogen-bond donors (Lipinski definition) is 5. The second-order valence-corrected chi connectivity index (χ2v) is 19.2. The fourth-order valence-corrected chi connectivity index (χ4v) is 9.48. The molecule has 79 heavy (non-hydrogen) atoms. The summed E-state index contributed by atoms with van der Waals surface area (Å²) in [5.41, 5.74) is 33.1. The van der Waals surface area contributed by atoms with Crippen LogP contribution < -0.4 is 43.0 Å². The van der Waals surface area contributed by atoms with E-state index in [1.54, 1.807) is 34.0 Å². The first-order valence-corrected chi connectivity index (χ1v) is 26.2. The number of rotatable bonds is 14. The molecular formula is C57H69FN14O7. The van der Waals surface area contributed by atoms with E-state index in [9.17, 15) is 23.6 Å². The van der Waals surface area contributed by atoms with Crippen LogP contribution in [0, 0.1) is 19.7 Å². The number of amides is 1. The Hall–Kier alpha value is -8.28. The molecule has 7 aromatic rings. The van der Waals surface area contributed by atoms with Crippen molar-refractivity contribution in [3.8, 4) is 17.1 Å². The Morgan fingerprint density at radius 1 is 0.519 bits per heavy atom. The predicted molar refractivity (Wildman–Crippen MR) is 301 cm³/mol. The number of nitrogens with one attached hydrogen (secondary N) is 1. The molecule has 4 aromatic carbocycles. The average Bonchev–Trinajstić information content (AvgIpc) is 4.36. The highest BCUT2D eigenvalue weighted by Crippen LogP contribution is 2.32. The van der Waals surface area contributed by atoms with E-state index in [1.807, 2.05) is 84.6 Å². The first-order chi connectivity index (χ1) is 38.1.